The Morgan fingerprint density at radius 3 is 2.93 bits per heavy atom. The van der Waals surface area contributed by atoms with E-state index in [4.69, 9.17) is 0 Å². The molecule has 1 aliphatic rings. The fourth-order valence-electron chi connectivity index (χ4n) is 1.66. The Balaban J connectivity index is 1.88. The van der Waals surface area contributed by atoms with Gasteiger partial charge < -0.3 is 10.6 Å². The van der Waals surface area contributed by atoms with Crippen LogP contribution in [0.15, 0.2) is 16.8 Å². The molecule has 14 heavy (non-hydrogen) atoms. The molecule has 2 N–H and O–H groups in total. The van der Waals surface area contributed by atoms with Gasteiger partial charge in [0.25, 0.3) is 0 Å². The van der Waals surface area contributed by atoms with Gasteiger partial charge in [-0.15, -0.1) is 0 Å². The van der Waals surface area contributed by atoms with Gasteiger partial charge in [0.15, 0.2) is 0 Å². The normalized spacial score (nSPS) is 18.0. The van der Waals surface area contributed by atoms with Crippen LogP contribution in [0.1, 0.15) is 12.8 Å². The van der Waals surface area contributed by atoms with Crippen molar-refractivity contribution < 1.29 is 4.79 Å². The maximum Gasteiger partial charge on any atom is 0.227 e. The van der Waals surface area contributed by atoms with Gasteiger partial charge in [-0.25, -0.2) is 0 Å². The maximum atomic E-state index is 11.7. The number of carbonyl (C=O) groups excluding carboxylic acids is 1. The van der Waals surface area contributed by atoms with Crippen molar-refractivity contribution in [3.63, 3.8) is 0 Å². The molecule has 1 saturated heterocycles. The van der Waals surface area contributed by atoms with Gasteiger partial charge in [-0.05, 0) is 37.4 Å². The van der Waals surface area contributed by atoms with Gasteiger partial charge in [0.2, 0.25) is 5.91 Å². The summed E-state index contributed by atoms with van der Waals surface area (Å²) in [6.07, 6.45) is 1.91. The van der Waals surface area contributed by atoms with Gasteiger partial charge in [0.05, 0.1) is 5.69 Å². The number of amides is 1. The first kappa shape index (κ1) is 9.68. The quantitative estimate of drug-likeness (QED) is 0.780. The lowest BCUT2D eigenvalue weighted by atomic mass is 9.97. The fourth-order valence-corrected chi connectivity index (χ4v) is 2.25. The monoisotopic (exact) mass is 210 g/mol. The van der Waals surface area contributed by atoms with Crippen molar-refractivity contribution in [2.75, 3.05) is 18.4 Å². The smallest absolute Gasteiger partial charge is 0.227 e. The summed E-state index contributed by atoms with van der Waals surface area (Å²) in [5, 5.41) is 10.1. The van der Waals surface area contributed by atoms with Crippen LogP contribution in [0.4, 0.5) is 5.69 Å². The molecule has 0 saturated carbocycles. The van der Waals surface area contributed by atoms with Gasteiger partial charge in [0, 0.05) is 11.3 Å². The lowest BCUT2D eigenvalue weighted by Gasteiger charge is -2.21. The molecule has 1 fully saturated rings. The Morgan fingerprint density at radius 2 is 2.29 bits per heavy atom. The molecule has 76 valence electrons. The minimum absolute atomic E-state index is 0.171. The van der Waals surface area contributed by atoms with Gasteiger partial charge in [-0.1, -0.05) is 0 Å². The molecule has 2 rings (SSSR count). The summed E-state index contributed by atoms with van der Waals surface area (Å²) in [4.78, 5) is 11.7. The molecule has 0 spiro atoms. The van der Waals surface area contributed by atoms with Gasteiger partial charge in [-0.3, -0.25) is 4.79 Å². The zero-order valence-electron chi connectivity index (χ0n) is 7.95. The summed E-state index contributed by atoms with van der Waals surface area (Å²) in [6, 6.07) is 1.93. The molecule has 0 aromatic carbocycles. The molecular formula is C10H14N2OS. The van der Waals surface area contributed by atoms with Crippen molar-refractivity contribution >= 4 is 22.9 Å². The minimum atomic E-state index is 0.171. The number of hydrogen-bond acceptors (Lipinski definition) is 3. The SMILES string of the molecule is O=C(Nc1ccsc1)C1CCNCC1. The molecule has 0 bridgehead atoms. The lowest BCUT2D eigenvalue weighted by molar-refractivity contribution is -0.120. The van der Waals surface area contributed by atoms with Crippen molar-refractivity contribution in [3.8, 4) is 0 Å². The van der Waals surface area contributed by atoms with Crippen LogP contribution in [0.5, 0.6) is 0 Å². The van der Waals surface area contributed by atoms with Crippen LogP contribution >= 0.6 is 11.3 Å². The van der Waals surface area contributed by atoms with Crippen LogP contribution in [0.3, 0.4) is 0 Å². The first-order valence-corrected chi connectivity index (χ1v) is 5.84. The summed E-state index contributed by atoms with van der Waals surface area (Å²) < 4.78 is 0. The molecule has 4 heteroatoms. The summed E-state index contributed by atoms with van der Waals surface area (Å²) in [6.45, 7) is 1.92. The van der Waals surface area contributed by atoms with Crippen molar-refractivity contribution in [1.82, 2.24) is 5.32 Å². The number of nitrogens with one attached hydrogen (secondary N) is 2. The van der Waals surface area contributed by atoms with Crippen molar-refractivity contribution in [2.24, 2.45) is 5.92 Å². The predicted octanol–water partition coefficient (Wildman–Crippen LogP) is 1.69. The van der Waals surface area contributed by atoms with Crippen LogP contribution in [-0.2, 0) is 4.79 Å². The second kappa shape index (κ2) is 4.57. The van der Waals surface area contributed by atoms with Gasteiger partial charge in [0.1, 0.15) is 0 Å². The average Bonchev–Trinajstić information content (AvgIpc) is 2.72. The molecule has 0 atom stereocenters. The number of anilines is 1. The zero-order chi connectivity index (χ0) is 9.80. The molecule has 3 nitrogen and oxygen atoms in total. The van der Waals surface area contributed by atoms with Crippen LogP contribution in [-0.4, -0.2) is 19.0 Å². The van der Waals surface area contributed by atoms with Gasteiger partial charge >= 0.3 is 0 Å². The van der Waals surface area contributed by atoms with E-state index in [1.807, 2.05) is 16.8 Å². The number of carbonyl (C=O) groups is 1. The molecule has 1 aliphatic heterocycles. The Kier molecular flexibility index (Phi) is 3.16. The first-order valence-electron chi connectivity index (χ1n) is 4.90. The Hall–Kier alpha value is -0.870. The predicted molar refractivity (Wildman–Crippen MR) is 58.5 cm³/mol. The van der Waals surface area contributed by atoms with Crippen LogP contribution < -0.4 is 10.6 Å². The Morgan fingerprint density at radius 1 is 1.50 bits per heavy atom. The molecule has 0 aliphatic carbocycles. The fraction of sp³-hybridized carbons (Fsp3) is 0.500. The van der Waals surface area contributed by atoms with Gasteiger partial charge in [-0.2, -0.15) is 11.3 Å². The van der Waals surface area contributed by atoms with E-state index < -0.39 is 0 Å². The minimum Gasteiger partial charge on any atom is -0.325 e. The lowest BCUT2D eigenvalue weighted by Crippen LogP contribution is -2.34. The zero-order valence-corrected chi connectivity index (χ0v) is 8.77. The third-order valence-corrected chi connectivity index (χ3v) is 3.18. The third kappa shape index (κ3) is 2.33. The summed E-state index contributed by atoms with van der Waals surface area (Å²) in [5.74, 6) is 0.362. The Labute approximate surface area is 87.5 Å². The highest BCUT2D eigenvalue weighted by Gasteiger charge is 2.20. The summed E-state index contributed by atoms with van der Waals surface area (Å²) >= 11 is 1.60. The maximum absolute atomic E-state index is 11.7. The molecule has 0 unspecified atom stereocenters. The second-order valence-corrected chi connectivity index (χ2v) is 4.31. The highest BCUT2D eigenvalue weighted by molar-refractivity contribution is 7.08. The third-order valence-electron chi connectivity index (χ3n) is 2.50. The van der Waals surface area contributed by atoms with E-state index in [0.717, 1.165) is 31.6 Å². The summed E-state index contributed by atoms with van der Waals surface area (Å²) in [7, 11) is 0. The van der Waals surface area contributed by atoms with E-state index in [1.165, 1.54) is 0 Å². The molecule has 1 aromatic heterocycles. The highest BCUT2D eigenvalue weighted by Crippen LogP contribution is 2.17. The van der Waals surface area contributed by atoms with Crippen LogP contribution in [0.2, 0.25) is 0 Å². The standard InChI is InChI=1S/C10H14N2OS/c13-10(8-1-4-11-5-2-8)12-9-3-6-14-7-9/h3,6-8,11H,1-2,4-5H2,(H,12,13). The summed E-state index contributed by atoms with van der Waals surface area (Å²) in [5.41, 5.74) is 0.929. The number of piperidine rings is 1. The molecule has 0 radical (unpaired) electrons. The average molecular weight is 210 g/mol. The van der Waals surface area contributed by atoms with Crippen LogP contribution in [0, 0.1) is 5.92 Å². The van der Waals surface area contributed by atoms with E-state index in [9.17, 15) is 4.79 Å². The van der Waals surface area contributed by atoms with E-state index >= 15 is 0 Å². The van der Waals surface area contributed by atoms with Crippen molar-refractivity contribution in [3.05, 3.63) is 16.8 Å². The number of thiophene rings is 1. The Bertz CT molecular complexity index is 291. The second-order valence-electron chi connectivity index (χ2n) is 3.53. The number of hydrogen-bond donors (Lipinski definition) is 2. The first-order chi connectivity index (χ1) is 6.86. The topological polar surface area (TPSA) is 41.1 Å². The van der Waals surface area contributed by atoms with Crippen LogP contribution in [0.25, 0.3) is 0 Å². The molecule has 2 heterocycles. The molecular weight excluding hydrogens is 196 g/mol. The molecule has 1 aromatic rings. The van der Waals surface area contributed by atoms with E-state index in [2.05, 4.69) is 10.6 Å². The van der Waals surface area contributed by atoms with Crippen molar-refractivity contribution in [2.45, 2.75) is 12.8 Å². The van der Waals surface area contributed by atoms with E-state index in [0.29, 0.717) is 0 Å². The highest BCUT2D eigenvalue weighted by atomic mass is 32.1. The largest absolute Gasteiger partial charge is 0.325 e. The molecule has 1 amide bonds. The van der Waals surface area contributed by atoms with Crippen molar-refractivity contribution in [1.29, 1.82) is 0 Å². The van der Waals surface area contributed by atoms with E-state index in [1.54, 1.807) is 11.3 Å². The van der Waals surface area contributed by atoms with E-state index in [-0.39, 0.29) is 11.8 Å². The number of rotatable bonds is 2.